The van der Waals surface area contributed by atoms with E-state index in [1.807, 2.05) is 0 Å². The van der Waals surface area contributed by atoms with Crippen LogP contribution in [0.4, 0.5) is 0 Å². The first kappa shape index (κ1) is 17.0. The van der Waals surface area contributed by atoms with Gasteiger partial charge in [-0.1, -0.05) is 18.2 Å². The number of Topliss-reactive ketones (excluding diaryl/α,β-unsaturated/α-hetero) is 2. The number of phenols is 2. The summed E-state index contributed by atoms with van der Waals surface area (Å²) in [7, 11) is 0. The summed E-state index contributed by atoms with van der Waals surface area (Å²) in [5.41, 5.74) is -2.61. The molecule has 7 nitrogen and oxygen atoms in total. The second-order valence-corrected chi connectivity index (χ2v) is 6.43. The molecule has 7 heteroatoms. The van der Waals surface area contributed by atoms with Gasteiger partial charge in [0.15, 0.2) is 0 Å². The van der Waals surface area contributed by atoms with Gasteiger partial charge < -0.3 is 25.5 Å². The van der Waals surface area contributed by atoms with Crippen molar-refractivity contribution in [1.29, 1.82) is 0 Å². The SMILES string of the molecule is O=C1C(=O)C2=C(C(O)=C1c1ccc(O)cc1)[C@](O)(CO)c1cc(O)ccc12. The molecule has 0 heterocycles. The summed E-state index contributed by atoms with van der Waals surface area (Å²) >= 11 is 0. The number of aliphatic hydroxyl groups is 3. The van der Waals surface area contributed by atoms with E-state index in [9.17, 15) is 35.1 Å². The summed E-state index contributed by atoms with van der Waals surface area (Å²) in [6, 6.07) is 9.08. The number of hydrogen-bond acceptors (Lipinski definition) is 7. The number of benzene rings is 2. The normalized spacial score (nSPS) is 21.6. The Kier molecular flexibility index (Phi) is 3.49. The lowest BCUT2D eigenvalue weighted by Gasteiger charge is -2.27. The van der Waals surface area contributed by atoms with Crippen molar-refractivity contribution in [3.05, 3.63) is 70.5 Å². The third kappa shape index (κ3) is 2.16. The first-order chi connectivity index (χ1) is 12.8. The summed E-state index contributed by atoms with van der Waals surface area (Å²) in [6.45, 7) is -0.878. The van der Waals surface area contributed by atoms with E-state index in [1.165, 1.54) is 42.5 Å². The highest BCUT2D eigenvalue weighted by Crippen LogP contribution is 2.52. The van der Waals surface area contributed by atoms with Crippen LogP contribution in [-0.2, 0) is 15.2 Å². The third-order valence-corrected chi connectivity index (χ3v) is 4.90. The lowest BCUT2D eigenvalue weighted by atomic mass is 9.81. The maximum atomic E-state index is 12.8. The van der Waals surface area contributed by atoms with Gasteiger partial charge >= 0.3 is 0 Å². The standard InChI is InChI=1S/C20H14O7/c21-8-20(27)13-7-11(23)5-6-12(13)15-16(20)17(24)14(18(25)19(15)26)9-1-3-10(22)4-2-9/h1-7,21-24,27H,8H2/t20-/m0/s1. The monoisotopic (exact) mass is 366 g/mol. The van der Waals surface area contributed by atoms with Crippen LogP contribution in [0.2, 0.25) is 0 Å². The van der Waals surface area contributed by atoms with Gasteiger partial charge in [0, 0.05) is 16.7 Å². The fourth-order valence-corrected chi connectivity index (χ4v) is 3.64. The van der Waals surface area contributed by atoms with Gasteiger partial charge in [0.1, 0.15) is 22.9 Å². The fourth-order valence-electron chi connectivity index (χ4n) is 3.64. The molecule has 0 saturated heterocycles. The highest BCUT2D eigenvalue weighted by Gasteiger charge is 2.52. The first-order valence-electron chi connectivity index (χ1n) is 8.03. The van der Waals surface area contributed by atoms with Gasteiger partial charge in [-0.25, -0.2) is 0 Å². The molecule has 0 bridgehead atoms. The van der Waals surface area contributed by atoms with Crippen molar-refractivity contribution in [2.45, 2.75) is 5.60 Å². The second kappa shape index (κ2) is 5.54. The van der Waals surface area contributed by atoms with Crippen LogP contribution in [0.5, 0.6) is 11.5 Å². The van der Waals surface area contributed by atoms with Crippen molar-refractivity contribution < 1.29 is 35.1 Å². The summed E-state index contributed by atoms with van der Waals surface area (Å²) in [6.07, 6.45) is 0. The summed E-state index contributed by atoms with van der Waals surface area (Å²) < 4.78 is 0. The minimum atomic E-state index is -2.16. The van der Waals surface area contributed by atoms with E-state index in [2.05, 4.69) is 0 Å². The molecule has 0 aromatic heterocycles. The molecular weight excluding hydrogens is 352 g/mol. The van der Waals surface area contributed by atoms with Crippen molar-refractivity contribution in [3.63, 3.8) is 0 Å². The van der Waals surface area contributed by atoms with Crippen LogP contribution in [0.3, 0.4) is 0 Å². The molecule has 2 aromatic carbocycles. The lowest BCUT2D eigenvalue weighted by Crippen LogP contribution is -2.34. The molecule has 0 aliphatic heterocycles. The van der Waals surface area contributed by atoms with Gasteiger partial charge in [-0.2, -0.15) is 0 Å². The lowest BCUT2D eigenvalue weighted by molar-refractivity contribution is -0.130. The van der Waals surface area contributed by atoms with E-state index >= 15 is 0 Å². The number of phenolic OH excluding ortho intramolecular Hbond substituents is 2. The molecule has 136 valence electrons. The van der Waals surface area contributed by atoms with E-state index in [0.717, 1.165) is 0 Å². The topological polar surface area (TPSA) is 135 Å². The molecule has 5 N–H and O–H groups in total. The molecule has 27 heavy (non-hydrogen) atoms. The third-order valence-electron chi connectivity index (χ3n) is 4.90. The Hall–Kier alpha value is -3.42. The number of aromatic hydroxyl groups is 2. The van der Waals surface area contributed by atoms with Gasteiger partial charge in [0.25, 0.3) is 0 Å². The van der Waals surface area contributed by atoms with Crippen molar-refractivity contribution in [2.75, 3.05) is 6.61 Å². The first-order valence-corrected chi connectivity index (χ1v) is 8.03. The Bertz CT molecular complexity index is 1080. The summed E-state index contributed by atoms with van der Waals surface area (Å²) in [5.74, 6) is -2.82. The number of aliphatic hydroxyl groups excluding tert-OH is 2. The van der Waals surface area contributed by atoms with Crippen LogP contribution >= 0.6 is 0 Å². The van der Waals surface area contributed by atoms with Crippen molar-refractivity contribution in [1.82, 2.24) is 0 Å². The largest absolute Gasteiger partial charge is 0.508 e. The number of rotatable bonds is 2. The molecule has 0 unspecified atom stereocenters. The molecule has 0 amide bonds. The molecule has 4 rings (SSSR count). The molecule has 1 atom stereocenters. The highest BCUT2D eigenvalue weighted by molar-refractivity contribution is 6.67. The highest BCUT2D eigenvalue weighted by atomic mass is 16.3. The van der Waals surface area contributed by atoms with Crippen molar-refractivity contribution >= 4 is 22.7 Å². The Balaban J connectivity index is 2.04. The predicted molar refractivity (Wildman–Crippen MR) is 93.7 cm³/mol. The van der Waals surface area contributed by atoms with E-state index in [1.54, 1.807) is 0 Å². The quantitative estimate of drug-likeness (QED) is 0.398. The van der Waals surface area contributed by atoms with Crippen LogP contribution in [-0.4, -0.2) is 43.7 Å². The maximum absolute atomic E-state index is 12.8. The minimum Gasteiger partial charge on any atom is -0.508 e. The molecular formula is C20H14O7. The van der Waals surface area contributed by atoms with Crippen LogP contribution in [0.1, 0.15) is 16.7 Å². The zero-order valence-electron chi connectivity index (χ0n) is 13.8. The number of carbonyl (C=O) groups is 2. The van der Waals surface area contributed by atoms with Crippen molar-refractivity contribution in [2.24, 2.45) is 0 Å². The fraction of sp³-hybridized carbons (Fsp3) is 0.100. The van der Waals surface area contributed by atoms with Crippen LogP contribution < -0.4 is 0 Å². The van der Waals surface area contributed by atoms with Gasteiger partial charge in [-0.15, -0.1) is 0 Å². The zero-order chi connectivity index (χ0) is 19.5. The molecule has 2 aliphatic carbocycles. The van der Waals surface area contributed by atoms with Crippen LogP contribution in [0.15, 0.2) is 53.8 Å². The minimum absolute atomic E-state index is 0.0228. The second-order valence-electron chi connectivity index (χ2n) is 6.43. The van der Waals surface area contributed by atoms with E-state index in [-0.39, 0.29) is 44.9 Å². The van der Waals surface area contributed by atoms with Gasteiger partial charge in [0.2, 0.25) is 11.6 Å². The Labute approximate surface area is 152 Å². The van der Waals surface area contributed by atoms with Crippen LogP contribution in [0.25, 0.3) is 11.1 Å². The predicted octanol–water partition coefficient (Wildman–Crippen LogP) is 1.17. The van der Waals surface area contributed by atoms with Crippen molar-refractivity contribution in [3.8, 4) is 11.5 Å². The van der Waals surface area contributed by atoms with E-state index in [4.69, 9.17) is 0 Å². The van der Waals surface area contributed by atoms with Gasteiger partial charge in [0.05, 0.1) is 12.2 Å². The smallest absolute Gasteiger partial charge is 0.237 e. The molecule has 0 spiro atoms. The van der Waals surface area contributed by atoms with Gasteiger partial charge in [-0.3, -0.25) is 9.59 Å². The number of fused-ring (bicyclic) bond motifs is 2. The average Bonchev–Trinajstić information content (AvgIpc) is 2.91. The molecule has 2 aliphatic rings. The molecule has 0 radical (unpaired) electrons. The maximum Gasteiger partial charge on any atom is 0.237 e. The molecule has 0 fully saturated rings. The van der Waals surface area contributed by atoms with Crippen LogP contribution in [0, 0.1) is 0 Å². The Morgan fingerprint density at radius 1 is 0.815 bits per heavy atom. The number of carbonyl (C=O) groups excluding carboxylic acids is 2. The zero-order valence-corrected chi connectivity index (χ0v) is 13.8. The number of ketones is 2. The Morgan fingerprint density at radius 2 is 1.41 bits per heavy atom. The summed E-state index contributed by atoms with van der Waals surface area (Å²) in [4.78, 5) is 25.5. The number of allylic oxidation sites excluding steroid dienone is 2. The molecule has 0 saturated carbocycles. The average molecular weight is 366 g/mol. The number of hydrogen-bond donors (Lipinski definition) is 5. The van der Waals surface area contributed by atoms with E-state index in [0.29, 0.717) is 0 Å². The van der Waals surface area contributed by atoms with E-state index < -0.39 is 29.5 Å². The Morgan fingerprint density at radius 3 is 2.04 bits per heavy atom. The summed E-state index contributed by atoms with van der Waals surface area (Å²) in [5, 5.41) is 50.8. The van der Waals surface area contributed by atoms with Gasteiger partial charge in [-0.05, 0) is 35.4 Å². The molecule has 2 aromatic rings.